The third kappa shape index (κ3) is 4.10. The SMILES string of the molecule is CC(C)(C)C(=O)N1CCN(c2ccnc(-c3ccc(Cl)cc3)n2)CC1. The van der Waals surface area contributed by atoms with Crippen LogP contribution in [0.3, 0.4) is 0 Å². The van der Waals surface area contributed by atoms with Gasteiger partial charge in [-0.3, -0.25) is 4.79 Å². The molecule has 25 heavy (non-hydrogen) atoms. The topological polar surface area (TPSA) is 49.3 Å². The van der Waals surface area contributed by atoms with E-state index in [1.165, 1.54) is 0 Å². The molecule has 0 aliphatic carbocycles. The number of nitrogens with zero attached hydrogens (tertiary/aromatic N) is 4. The Morgan fingerprint density at radius 3 is 2.28 bits per heavy atom. The van der Waals surface area contributed by atoms with Crippen LogP contribution in [-0.4, -0.2) is 47.0 Å². The van der Waals surface area contributed by atoms with E-state index >= 15 is 0 Å². The Kier molecular flexibility index (Phi) is 4.95. The van der Waals surface area contributed by atoms with Crippen LogP contribution in [0.1, 0.15) is 20.8 Å². The van der Waals surface area contributed by atoms with Gasteiger partial charge in [0.05, 0.1) is 0 Å². The maximum atomic E-state index is 12.4. The Hall–Kier alpha value is -2.14. The minimum absolute atomic E-state index is 0.205. The molecule has 0 unspecified atom stereocenters. The molecule has 132 valence electrons. The molecule has 1 aromatic carbocycles. The number of piperazine rings is 1. The molecule has 0 atom stereocenters. The van der Waals surface area contributed by atoms with Crippen LogP contribution in [-0.2, 0) is 4.79 Å². The van der Waals surface area contributed by atoms with Gasteiger partial charge in [-0.05, 0) is 30.3 Å². The predicted molar refractivity (Wildman–Crippen MR) is 101 cm³/mol. The summed E-state index contributed by atoms with van der Waals surface area (Å²) in [6.45, 7) is 8.88. The van der Waals surface area contributed by atoms with Gasteiger partial charge >= 0.3 is 0 Å². The van der Waals surface area contributed by atoms with Gasteiger partial charge in [0.15, 0.2) is 5.82 Å². The second-order valence-electron chi connectivity index (χ2n) is 7.27. The van der Waals surface area contributed by atoms with Gasteiger partial charge in [0, 0.05) is 48.4 Å². The smallest absolute Gasteiger partial charge is 0.228 e. The van der Waals surface area contributed by atoms with E-state index in [0.717, 1.165) is 37.6 Å². The molecule has 1 saturated heterocycles. The van der Waals surface area contributed by atoms with Crippen molar-refractivity contribution >= 4 is 23.3 Å². The highest BCUT2D eigenvalue weighted by Gasteiger charge is 2.30. The quantitative estimate of drug-likeness (QED) is 0.824. The molecule has 1 aromatic heterocycles. The maximum absolute atomic E-state index is 12.4. The van der Waals surface area contributed by atoms with Gasteiger partial charge in [-0.2, -0.15) is 0 Å². The molecule has 2 aromatic rings. The number of halogens is 1. The summed E-state index contributed by atoms with van der Waals surface area (Å²) in [7, 11) is 0. The van der Waals surface area contributed by atoms with Crippen LogP contribution in [0.25, 0.3) is 11.4 Å². The highest BCUT2D eigenvalue weighted by molar-refractivity contribution is 6.30. The first-order chi connectivity index (χ1) is 11.8. The monoisotopic (exact) mass is 358 g/mol. The molecule has 0 bridgehead atoms. The lowest BCUT2D eigenvalue weighted by molar-refractivity contribution is -0.139. The minimum Gasteiger partial charge on any atom is -0.353 e. The molecule has 0 radical (unpaired) electrons. The number of hydrogen-bond acceptors (Lipinski definition) is 4. The lowest BCUT2D eigenvalue weighted by atomic mass is 9.94. The van der Waals surface area contributed by atoms with Gasteiger partial charge in [0.1, 0.15) is 5.82 Å². The number of rotatable bonds is 2. The van der Waals surface area contributed by atoms with E-state index in [9.17, 15) is 4.79 Å². The van der Waals surface area contributed by atoms with Crippen molar-refractivity contribution in [1.82, 2.24) is 14.9 Å². The number of anilines is 1. The van der Waals surface area contributed by atoms with Crippen molar-refractivity contribution in [2.45, 2.75) is 20.8 Å². The molecule has 1 aliphatic rings. The second-order valence-corrected chi connectivity index (χ2v) is 7.71. The largest absolute Gasteiger partial charge is 0.353 e. The van der Waals surface area contributed by atoms with Crippen molar-refractivity contribution in [3.05, 3.63) is 41.6 Å². The van der Waals surface area contributed by atoms with Crippen LogP contribution < -0.4 is 4.90 Å². The van der Waals surface area contributed by atoms with E-state index in [4.69, 9.17) is 11.6 Å². The van der Waals surface area contributed by atoms with E-state index in [1.807, 2.05) is 56.0 Å². The molecular weight excluding hydrogens is 336 g/mol. The van der Waals surface area contributed by atoms with Gasteiger partial charge in [-0.1, -0.05) is 32.4 Å². The van der Waals surface area contributed by atoms with Crippen LogP contribution in [0.15, 0.2) is 36.5 Å². The van der Waals surface area contributed by atoms with Crippen molar-refractivity contribution in [1.29, 1.82) is 0 Å². The number of benzene rings is 1. The molecule has 0 saturated carbocycles. The molecular formula is C19H23ClN4O. The van der Waals surface area contributed by atoms with Crippen molar-refractivity contribution in [2.75, 3.05) is 31.1 Å². The summed E-state index contributed by atoms with van der Waals surface area (Å²) in [4.78, 5) is 25.6. The third-order valence-corrected chi connectivity index (χ3v) is 4.53. The summed E-state index contributed by atoms with van der Waals surface area (Å²) < 4.78 is 0. The molecule has 5 nitrogen and oxygen atoms in total. The first-order valence-corrected chi connectivity index (χ1v) is 8.86. The Balaban J connectivity index is 1.71. The molecule has 2 heterocycles. The Morgan fingerprint density at radius 2 is 1.68 bits per heavy atom. The van der Waals surface area contributed by atoms with Gasteiger partial charge in [0.25, 0.3) is 0 Å². The normalized spacial score (nSPS) is 15.4. The van der Waals surface area contributed by atoms with Gasteiger partial charge in [-0.25, -0.2) is 9.97 Å². The molecule has 0 spiro atoms. The van der Waals surface area contributed by atoms with E-state index in [0.29, 0.717) is 10.8 Å². The maximum Gasteiger partial charge on any atom is 0.228 e. The van der Waals surface area contributed by atoms with Crippen LogP contribution in [0.2, 0.25) is 5.02 Å². The number of aromatic nitrogens is 2. The summed E-state index contributed by atoms with van der Waals surface area (Å²) in [5, 5.41) is 0.694. The van der Waals surface area contributed by atoms with Crippen molar-refractivity contribution < 1.29 is 4.79 Å². The number of amides is 1. The predicted octanol–water partition coefficient (Wildman–Crippen LogP) is 3.49. The summed E-state index contributed by atoms with van der Waals surface area (Å²) in [6.07, 6.45) is 1.78. The van der Waals surface area contributed by atoms with Crippen LogP contribution >= 0.6 is 11.6 Å². The summed E-state index contributed by atoms with van der Waals surface area (Å²) in [5.74, 6) is 1.78. The highest BCUT2D eigenvalue weighted by Crippen LogP contribution is 2.23. The molecule has 1 fully saturated rings. The van der Waals surface area contributed by atoms with Crippen molar-refractivity contribution in [2.24, 2.45) is 5.41 Å². The zero-order chi connectivity index (χ0) is 18.0. The van der Waals surface area contributed by atoms with Crippen molar-refractivity contribution in [3.63, 3.8) is 0 Å². The second kappa shape index (κ2) is 7.00. The zero-order valence-electron chi connectivity index (χ0n) is 14.9. The van der Waals surface area contributed by atoms with Gasteiger partial charge < -0.3 is 9.80 Å². The summed E-state index contributed by atoms with van der Waals surface area (Å²) in [6, 6.07) is 9.43. The summed E-state index contributed by atoms with van der Waals surface area (Å²) in [5.41, 5.74) is 0.603. The highest BCUT2D eigenvalue weighted by atomic mass is 35.5. The van der Waals surface area contributed by atoms with Crippen LogP contribution in [0, 0.1) is 5.41 Å². The van der Waals surface area contributed by atoms with E-state index in [1.54, 1.807) is 6.20 Å². The van der Waals surface area contributed by atoms with Crippen LogP contribution in [0.5, 0.6) is 0 Å². The first kappa shape index (κ1) is 17.7. The fourth-order valence-corrected chi connectivity index (χ4v) is 3.00. The molecule has 6 heteroatoms. The summed E-state index contributed by atoms with van der Waals surface area (Å²) >= 11 is 5.94. The van der Waals surface area contributed by atoms with Gasteiger partial charge in [-0.15, -0.1) is 0 Å². The lowest BCUT2D eigenvalue weighted by Gasteiger charge is -2.38. The molecule has 3 rings (SSSR count). The fourth-order valence-electron chi connectivity index (χ4n) is 2.88. The fraction of sp³-hybridized carbons (Fsp3) is 0.421. The lowest BCUT2D eigenvalue weighted by Crippen LogP contribution is -2.51. The molecule has 1 amide bonds. The first-order valence-electron chi connectivity index (χ1n) is 8.48. The van der Waals surface area contributed by atoms with Crippen LogP contribution in [0.4, 0.5) is 5.82 Å². The van der Waals surface area contributed by atoms with E-state index in [2.05, 4.69) is 14.9 Å². The Labute approximate surface area is 153 Å². The minimum atomic E-state index is -0.334. The van der Waals surface area contributed by atoms with Crippen molar-refractivity contribution in [3.8, 4) is 11.4 Å². The van der Waals surface area contributed by atoms with E-state index in [-0.39, 0.29) is 11.3 Å². The zero-order valence-corrected chi connectivity index (χ0v) is 15.6. The number of carbonyl (C=O) groups excluding carboxylic acids is 1. The number of hydrogen-bond donors (Lipinski definition) is 0. The molecule has 1 aliphatic heterocycles. The third-order valence-electron chi connectivity index (χ3n) is 4.28. The standard InChI is InChI=1S/C19H23ClN4O/c1-19(2,3)18(25)24-12-10-23(11-13-24)16-8-9-21-17(22-16)14-4-6-15(20)7-5-14/h4-9H,10-13H2,1-3H3. The average molecular weight is 359 g/mol. The van der Waals surface area contributed by atoms with Gasteiger partial charge in [0.2, 0.25) is 5.91 Å². The average Bonchev–Trinajstić information content (AvgIpc) is 2.61. The Bertz CT molecular complexity index is 747. The Morgan fingerprint density at radius 1 is 1.04 bits per heavy atom. The molecule has 0 N–H and O–H groups in total. The van der Waals surface area contributed by atoms with E-state index < -0.39 is 0 Å². The number of carbonyl (C=O) groups is 1.